The van der Waals surface area contributed by atoms with Crippen LogP contribution in [0.15, 0.2) is 18.5 Å². The molecule has 0 atom stereocenters. The molecule has 0 radical (unpaired) electrons. The molecule has 3 heterocycles. The molecule has 0 saturated carbocycles. The van der Waals surface area contributed by atoms with Gasteiger partial charge >= 0.3 is 12.2 Å². The van der Waals surface area contributed by atoms with Crippen molar-refractivity contribution < 1.29 is 24.6 Å². The van der Waals surface area contributed by atoms with Crippen LogP contribution in [0.2, 0.25) is 0 Å². The fraction of sp³-hybridized carbons (Fsp3) is 0.214. The largest absolute Gasteiger partial charge is 0.465 e. The molecule has 0 spiro atoms. The van der Waals surface area contributed by atoms with Gasteiger partial charge in [0, 0.05) is 24.7 Å². The molecular weight excluding hydrogens is 332 g/mol. The summed E-state index contributed by atoms with van der Waals surface area (Å²) in [4.78, 5) is 39.8. The Morgan fingerprint density at radius 3 is 2.64 bits per heavy atom. The summed E-state index contributed by atoms with van der Waals surface area (Å²) in [6.45, 7) is 0.0748. The molecule has 0 fully saturated rings. The highest BCUT2D eigenvalue weighted by atomic mass is 16.4. The Bertz CT molecular complexity index is 877. The minimum absolute atomic E-state index is 0.00966. The minimum Gasteiger partial charge on any atom is -0.465 e. The highest BCUT2D eigenvalue weighted by Gasteiger charge is 2.30. The van der Waals surface area contributed by atoms with Crippen LogP contribution >= 0.6 is 0 Å². The lowest BCUT2D eigenvalue weighted by Crippen LogP contribution is -2.35. The van der Waals surface area contributed by atoms with E-state index < -0.39 is 18.1 Å². The van der Waals surface area contributed by atoms with Gasteiger partial charge < -0.3 is 26.2 Å². The van der Waals surface area contributed by atoms with Gasteiger partial charge in [0.2, 0.25) is 0 Å². The number of carboxylic acid groups (broad SMARTS) is 2. The monoisotopic (exact) mass is 346 g/mol. The molecule has 1 aliphatic heterocycles. The van der Waals surface area contributed by atoms with Crippen molar-refractivity contribution >= 4 is 29.6 Å². The van der Waals surface area contributed by atoms with Crippen LogP contribution in [0.25, 0.3) is 0 Å². The molecule has 2 amide bonds. The van der Waals surface area contributed by atoms with Crippen molar-refractivity contribution in [3.8, 4) is 0 Å². The number of hydrogen-bond donors (Lipinski definition) is 4. The maximum Gasteiger partial charge on any atom is 0.432 e. The average molecular weight is 346 g/mol. The van der Waals surface area contributed by atoms with E-state index in [0.29, 0.717) is 11.3 Å². The number of rotatable bonds is 2. The molecule has 25 heavy (non-hydrogen) atoms. The van der Waals surface area contributed by atoms with E-state index in [4.69, 9.17) is 10.8 Å². The van der Waals surface area contributed by atoms with Crippen molar-refractivity contribution in [3.05, 3.63) is 35.3 Å². The van der Waals surface area contributed by atoms with E-state index in [1.807, 2.05) is 0 Å². The maximum absolute atomic E-state index is 12.4. The Balaban J connectivity index is 1.96. The van der Waals surface area contributed by atoms with Crippen LogP contribution in [-0.2, 0) is 13.0 Å². The molecule has 5 N–H and O–H groups in total. The lowest BCUT2D eigenvalue weighted by molar-refractivity contribution is 0.102. The summed E-state index contributed by atoms with van der Waals surface area (Å²) in [6.07, 6.45) is 0.428. The van der Waals surface area contributed by atoms with Gasteiger partial charge in [0.05, 0.1) is 29.7 Å². The number of amides is 2. The fourth-order valence-electron chi connectivity index (χ4n) is 2.63. The van der Waals surface area contributed by atoms with E-state index in [1.54, 1.807) is 0 Å². The highest BCUT2D eigenvalue weighted by Crippen LogP contribution is 2.27. The average Bonchev–Trinajstić information content (AvgIpc) is 2.93. The molecule has 0 saturated heterocycles. The molecule has 11 nitrogen and oxygen atoms in total. The summed E-state index contributed by atoms with van der Waals surface area (Å²) < 4.78 is 0.750. The first-order chi connectivity index (χ1) is 11.9. The third-order valence-electron chi connectivity index (χ3n) is 3.84. The van der Waals surface area contributed by atoms with Crippen molar-refractivity contribution in [2.24, 2.45) is 0 Å². The second-order valence-corrected chi connectivity index (χ2v) is 5.34. The zero-order valence-corrected chi connectivity index (χ0v) is 12.8. The minimum atomic E-state index is -1.32. The number of aromatic nitrogens is 3. The zero-order valence-electron chi connectivity index (χ0n) is 12.8. The second kappa shape index (κ2) is 6.11. The molecule has 2 aromatic rings. The van der Waals surface area contributed by atoms with Crippen molar-refractivity contribution in [3.63, 3.8) is 0 Å². The number of fused-ring (bicyclic) bond motifs is 1. The number of carbonyl (C=O) groups is 3. The number of pyridine rings is 1. The number of nitrogens with two attached hydrogens (primary N) is 1. The lowest BCUT2D eigenvalue weighted by Gasteiger charge is -2.24. The Morgan fingerprint density at radius 2 is 2.00 bits per heavy atom. The molecule has 2 aromatic heterocycles. The Morgan fingerprint density at radius 1 is 1.24 bits per heavy atom. The summed E-state index contributed by atoms with van der Waals surface area (Å²) in [7, 11) is 0. The molecule has 130 valence electrons. The number of nitrogens with zero attached hydrogens (tertiary/aromatic N) is 4. The predicted octanol–water partition coefficient (Wildman–Crippen LogP) is 0.675. The zero-order chi connectivity index (χ0) is 18.1. The molecule has 3 rings (SSSR count). The van der Waals surface area contributed by atoms with E-state index in [0.717, 1.165) is 9.58 Å². The normalized spacial score (nSPS) is 13.2. The second-order valence-electron chi connectivity index (χ2n) is 5.34. The van der Waals surface area contributed by atoms with Gasteiger partial charge in [0.25, 0.3) is 5.91 Å². The van der Waals surface area contributed by atoms with Crippen molar-refractivity contribution in [2.45, 2.75) is 13.0 Å². The number of nitrogen functional groups attached to an aromatic ring is 1. The molecule has 0 aliphatic carbocycles. The van der Waals surface area contributed by atoms with Crippen LogP contribution in [0.3, 0.4) is 0 Å². The number of anilines is 2. The predicted molar refractivity (Wildman–Crippen MR) is 84.4 cm³/mol. The summed E-state index contributed by atoms with van der Waals surface area (Å²) in [5, 5.41) is 24.8. The first-order valence-corrected chi connectivity index (χ1v) is 7.21. The summed E-state index contributed by atoms with van der Waals surface area (Å²) in [6, 6.07) is 1.41. The van der Waals surface area contributed by atoms with E-state index in [9.17, 15) is 19.5 Å². The topological polar surface area (TPSA) is 164 Å². The first kappa shape index (κ1) is 16.2. The van der Waals surface area contributed by atoms with E-state index in [-0.39, 0.29) is 36.6 Å². The Hall–Kier alpha value is -3.63. The van der Waals surface area contributed by atoms with E-state index in [2.05, 4.69) is 15.4 Å². The molecule has 11 heteroatoms. The Labute approximate surface area is 140 Å². The van der Waals surface area contributed by atoms with Gasteiger partial charge in [-0.05, 0) is 6.07 Å². The lowest BCUT2D eigenvalue weighted by atomic mass is 10.1. The molecule has 1 aliphatic rings. The van der Waals surface area contributed by atoms with Gasteiger partial charge in [-0.2, -0.15) is 4.68 Å². The smallest absolute Gasteiger partial charge is 0.432 e. The van der Waals surface area contributed by atoms with Crippen LogP contribution < -0.4 is 11.1 Å². The number of carbonyl (C=O) groups excluding carboxylic acids is 1. The number of nitrogens with one attached hydrogen (secondary N) is 1. The molecule has 0 aromatic carbocycles. The quantitative estimate of drug-likeness (QED) is 0.616. The van der Waals surface area contributed by atoms with Crippen molar-refractivity contribution in [2.75, 3.05) is 17.6 Å². The van der Waals surface area contributed by atoms with Crippen molar-refractivity contribution in [1.82, 2.24) is 19.7 Å². The number of hydrogen-bond acceptors (Lipinski definition) is 6. The fourth-order valence-corrected chi connectivity index (χ4v) is 2.63. The van der Waals surface area contributed by atoms with Gasteiger partial charge in [-0.3, -0.25) is 9.78 Å². The summed E-state index contributed by atoms with van der Waals surface area (Å²) >= 11 is 0. The van der Waals surface area contributed by atoms with Crippen LogP contribution in [0, 0.1) is 0 Å². The van der Waals surface area contributed by atoms with Crippen molar-refractivity contribution in [1.29, 1.82) is 0 Å². The van der Waals surface area contributed by atoms with Gasteiger partial charge in [-0.15, -0.1) is 5.10 Å². The molecule has 0 bridgehead atoms. The van der Waals surface area contributed by atoms with E-state index >= 15 is 0 Å². The summed E-state index contributed by atoms with van der Waals surface area (Å²) in [5.41, 5.74) is 6.70. The van der Waals surface area contributed by atoms with Crippen LogP contribution in [0.1, 0.15) is 21.6 Å². The SMILES string of the molecule is Nc1cnccc1C(=O)Nc1nn(C(=O)O)c2c1CN(C(=O)O)CC2. The standard InChI is InChI=1S/C14H14N6O5/c15-9-5-16-3-1-7(9)12(21)17-11-8-6-19(13(22)23)4-2-10(8)20(18-11)14(24)25/h1,3,5H,2,4,6,15H2,(H,22,23)(H,24,25)(H,17,18,21). The van der Waals surface area contributed by atoms with Crippen LogP contribution in [0.5, 0.6) is 0 Å². The highest BCUT2D eigenvalue weighted by molar-refractivity contribution is 6.07. The third-order valence-corrected chi connectivity index (χ3v) is 3.84. The van der Waals surface area contributed by atoms with Gasteiger partial charge in [0.15, 0.2) is 5.82 Å². The first-order valence-electron chi connectivity index (χ1n) is 7.21. The molecular formula is C14H14N6O5. The van der Waals surface area contributed by atoms with Crippen LogP contribution in [-0.4, -0.2) is 54.5 Å². The third kappa shape index (κ3) is 2.94. The summed E-state index contributed by atoms with van der Waals surface area (Å²) in [5.74, 6) is -0.602. The van der Waals surface area contributed by atoms with E-state index in [1.165, 1.54) is 18.5 Å². The van der Waals surface area contributed by atoms with Gasteiger partial charge in [-0.1, -0.05) is 0 Å². The Kier molecular flexibility index (Phi) is 3.97. The van der Waals surface area contributed by atoms with Gasteiger partial charge in [-0.25, -0.2) is 9.59 Å². The van der Waals surface area contributed by atoms with Gasteiger partial charge in [0.1, 0.15) is 0 Å². The maximum atomic E-state index is 12.4. The van der Waals surface area contributed by atoms with Crippen LogP contribution in [0.4, 0.5) is 21.1 Å². The molecule has 0 unspecified atom stereocenters.